The summed E-state index contributed by atoms with van der Waals surface area (Å²) in [7, 11) is 0. The zero-order valence-corrected chi connectivity index (χ0v) is 14.7. The average molecular weight is 382 g/mol. The molecule has 0 fully saturated rings. The maximum Gasteiger partial charge on any atom is 0.290 e. The van der Waals surface area contributed by atoms with Crippen LogP contribution in [0.5, 0.6) is 0 Å². The molecule has 1 N–H and O–H groups in total. The molecule has 0 saturated heterocycles. The molecule has 0 bridgehead atoms. The van der Waals surface area contributed by atoms with Gasteiger partial charge in [0.1, 0.15) is 6.04 Å². The van der Waals surface area contributed by atoms with E-state index in [-0.39, 0.29) is 18.0 Å². The van der Waals surface area contributed by atoms with E-state index in [1.807, 2.05) is 24.3 Å². The number of halogens is 2. The number of carbonyl (C=O) groups is 2. The van der Waals surface area contributed by atoms with Crippen molar-refractivity contribution >= 4 is 17.5 Å². The van der Waals surface area contributed by atoms with Gasteiger partial charge in [-0.2, -0.15) is 0 Å². The molecule has 1 aliphatic rings. The summed E-state index contributed by atoms with van der Waals surface area (Å²) < 4.78 is 31.8. The molecule has 3 aromatic rings. The molecule has 2 heterocycles. The van der Waals surface area contributed by atoms with Crippen LogP contribution in [0.25, 0.3) is 0 Å². The Kier molecular flexibility index (Phi) is 4.65. The number of nitrogens with zero attached hydrogens (tertiary/aromatic N) is 1. The van der Waals surface area contributed by atoms with Crippen LogP contribution in [0.4, 0.5) is 14.5 Å². The zero-order chi connectivity index (χ0) is 19.7. The van der Waals surface area contributed by atoms with Gasteiger partial charge in [-0.15, -0.1) is 0 Å². The number of nitrogens with one attached hydrogen (secondary N) is 1. The first-order valence-electron chi connectivity index (χ1n) is 8.70. The zero-order valence-electron chi connectivity index (χ0n) is 14.7. The molecule has 0 saturated carbocycles. The molecule has 2 amide bonds. The maximum absolute atomic E-state index is 13.5. The van der Waals surface area contributed by atoms with E-state index in [0.29, 0.717) is 6.42 Å². The standard InChI is InChI=1S/C21H16F2N2O3/c22-16-8-7-15(11-17(16)23)24-20(26)18-10-13-4-1-2-5-14(13)12-25(18)21(27)19-6-3-9-28-19/h1-9,11,18H,10,12H2,(H,24,26)/t18-/m0/s1. The van der Waals surface area contributed by atoms with Crippen LogP contribution in [0.1, 0.15) is 21.7 Å². The minimum atomic E-state index is -1.06. The smallest absolute Gasteiger partial charge is 0.290 e. The van der Waals surface area contributed by atoms with E-state index in [2.05, 4.69) is 5.32 Å². The summed E-state index contributed by atoms with van der Waals surface area (Å²) >= 11 is 0. The lowest BCUT2D eigenvalue weighted by atomic mass is 9.93. The van der Waals surface area contributed by atoms with Gasteiger partial charge in [0.15, 0.2) is 17.4 Å². The topological polar surface area (TPSA) is 62.6 Å². The molecular formula is C21H16F2N2O3. The third-order valence-electron chi connectivity index (χ3n) is 4.73. The molecule has 0 radical (unpaired) electrons. The van der Waals surface area contributed by atoms with Crippen LogP contribution in [-0.2, 0) is 17.8 Å². The van der Waals surface area contributed by atoms with E-state index in [1.165, 1.54) is 23.3 Å². The quantitative estimate of drug-likeness (QED) is 0.750. The number of rotatable bonds is 3. The molecule has 2 aromatic carbocycles. The minimum absolute atomic E-state index is 0.119. The molecule has 0 aliphatic carbocycles. The third-order valence-corrected chi connectivity index (χ3v) is 4.73. The summed E-state index contributed by atoms with van der Waals surface area (Å²) in [5.74, 6) is -2.83. The second kappa shape index (κ2) is 7.26. The number of hydrogen-bond acceptors (Lipinski definition) is 3. The van der Waals surface area contributed by atoms with E-state index < -0.39 is 29.5 Å². The first-order valence-corrected chi connectivity index (χ1v) is 8.70. The number of furan rings is 1. The number of hydrogen-bond donors (Lipinski definition) is 1. The number of benzene rings is 2. The number of fused-ring (bicyclic) bond motifs is 1. The van der Waals surface area contributed by atoms with Crippen molar-refractivity contribution < 1.29 is 22.8 Å². The lowest BCUT2D eigenvalue weighted by molar-refractivity contribution is -0.121. The van der Waals surface area contributed by atoms with Gasteiger partial charge < -0.3 is 14.6 Å². The van der Waals surface area contributed by atoms with Gasteiger partial charge in [-0.3, -0.25) is 9.59 Å². The fraction of sp³-hybridized carbons (Fsp3) is 0.143. The van der Waals surface area contributed by atoms with E-state index in [0.717, 1.165) is 23.3 Å². The van der Waals surface area contributed by atoms with Crippen molar-refractivity contribution in [3.63, 3.8) is 0 Å². The molecule has 142 valence electrons. The predicted molar refractivity (Wildman–Crippen MR) is 97.5 cm³/mol. The highest BCUT2D eigenvalue weighted by Crippen LogP contribution is 2.26. The molecule has 4 rings (SSSR count). The molecule has 1 aliphatic heterocycles. The summed E-state index contributed by atoms with van der Waals surface area (Å²) in [6.45, 7) is 0.242. The second-order valence-corrected chi connectivity index (χ2v) is 6.52. The van der Waals surface area contributed by atoms with Gasteiger partial charge in [0.25, 0.3) is 5.91 Å². The fourth-order valence-corrected chi connectivity index (χ4v) is 3.31. The Labute approximate surface area is 159 Å². The second-order valence-electron chi connectivity index (χ2n) is 6.52. The molecule has 28 heavy (non-hydrogen) atoms. The Balaban J connectivity index is 1.64. The minimum Gasteiger partial charge on any atom is -0.459 e. The summed E-state index contributed by atoms with van der Waals surface area (Å²) in [4.78, 5) is 27.2. The van der Waals surface area contributed by atoms with Crippen molar-refractivity contribution in [2.24, 2.45) is 0 Å². The highest BCUT2D eigenvalue weighted by Gasteiger charge is 2.36. The highest BCUT2D eigenvalue weighted by atomic mass is 19.2. The van der Waals surface area contributed by atoms with Gasteiger partial charge in [0, 0.05) is 24.7 Å². The van der Waals surface area contributed by atoms with Gasteiger partial charge in [0.2, 0.25) is 5.91 Å². The van der Waals surface area contributed by atoms with Crippen molar-refractivity contribution in [1.29, 1.82) is 0 Å². The predicted octanol–water partition coefficient (Wildman–Crippen LogP) is 3.76. The van der Waals surface area contributed by atoms with Gasteiger partial charge in [-0.05, 0) is 35.4 Å². The summed E-state index contributed by atoms with van der Waals surface area (Å²) in [5, 5.41) is 2.57. The Morgan fingerprint density at radius 2 is 1.79 bits per heavy atom. The molecular weight excluding hydrogens is 366 g/mol. The maximum atomic E-state index is 13.5. The summed E-state index contributed by atoms with van der Waals surface area (Å²) in [6.07, 6.45) is 1.69. The van der Waals surface area contributed by atoms with Crippen LogP contribution in [0.2, 0.25) is 0 Å². The van der Waals surface area contributed by atoms with Crippen molar-refractivity contribution in [3.8, 4) is 0 Å². The van der Waals surface area contributed by atoms with Gasteiger partial charge >= 0.3 is 0 Å². The van der Waals surface area contributed by atoms with Gasteiger partial charge in [-0.25, -0.2) is 8.78 Å². The monoisotopic (exact) mass is 382 g/mol. The van der Waals surface area contributed by atoms with Crippen LogP contribution in [0.3, 0.4) is 0 Å². The molecule has 0 spiro atoms. The third kappa shape index (κ3) is 3.38. The van der Waals surface area contributed by atoms with Crippen molar-refractivity contribution in [2.45, 2.75) is 19.0 Å². The molecule has 1 atom stereocenters. The first-order chi connectivity index (χ1) is 13.5. The summed E-state index contributed by atoms with van der Waals surface area (Å²) in [6, 6.07) is 13.0. The summed E-state index contributed by atoms with van der Waals surface area (Å²) in [5.41, 5.74) is 2.02. The Morgan fingerprint density at radius 1 is 1.00 bits per heavy atom. The van der Waals surface area contributed by atoms with Crippen LogP contribution >= 0.6 is 0 Å². The number of amides is 2. The fourth-order valence-electron chi connectivity index (χ4n) is 3.31. The molecule has 1 aromatic heterocycles. The Bertz CT molecular complexity index is 1030. The largest absolute Gasteiger partial charge is 0.459 e. The van der Waals surface area contributed by atoms with Gasteiger partial charge in [-0.1, -0.05) is 24.3 Å². The van der Waals surface area contributed by atoms with Crippen LogP contribution in [-0.4, -0.2) is 22.8 Å². The number of carbonyl (C=O) groups excluding carboxylic acids is 2. The molecule has 7 heteroatoms. The lowest BCUT2D eigenvalue weighted by Gasteiger charge is -2.35. The van der Waals surface area contributed by atoms with E-state index in [9.17, 15) is 18.4 Å². The van der Waals surface area contributed by atoms with Crippen LogP contribution in [0.15, 0.2) is 65.3 Å². The van der Waals surface area contributed by atoms with Crippen LogP contribution < -0.4 is 5.32 Å². The average Bonchev–Trinajstić information content (AvgIpc) is 3.24. The Hall–Kier alpha value is -3.48. The van der Waals surface area contributed by atoms with E-state index in [4.69, 9.17) is 4.42 Å². The highest BCUT2D eigenvalue weighted by molar-refractivity contribution is 6.00. The van der Waals surface area contributed by atoms with Crippen molar-refractivity contribution in [3.05, 3.63) is 89.4 Å². The molecule has 5 nitrogen and oxygen atoms in total. The SMILES string of the molecule is O=C(Nc1ccc(F)c(F)c1)[C@@H]1Cc2ccccc2CN1C(=O)c1ccco1. The lowest BCUT2D eigenvalue weighted by Crippen LogP contribution is -2.50. The van der Waals surface area contributed by atoms with Crippen molar-refractivity contribution in [1.82, 2.24) is 4.90 Å². The van der Waals surface area contributed by atoms with Crippen LogP contribution in [0, 0.1) is 11.6 Å². The van der Waals surface area contributed by atoms with Gasteiger partial charge in [0.05, 0.1) is 6.26 Å². The van der Waals surface area contributed by atoms with Crippen molar-refractivity contribution in [2.75, 3.05) is 5.32 Å². The Morgan fingerprint density at radius 3 is 2.50 bits per heavy atom. The van der Waals surface area contributed by atoms with E-state index in [1.54, 1.807) is 6.07 Å². The first kappa shape index (κ1) is 17.9. The normalized spacial score (nSPS) is 15.8. The van der Waals surface area contributed by atoms with E-state index >= 15 is 0 Å². The number of anilines is 1. The molecule has 0 unspecified atom stereocenters.